The van der Waals surface area contributed by atoms with Gasteiger partial charge in [-0.25, -0.2) is 24.2 Å². The number of ether oxygens (including phenoxy) is 2. The average Bonchev–Trinajstić information content (AvgIpc) is 3.04. The second-order valence-corrected chi connectivity index (χ2v) is 9.98. The van der Waals surface area contributed by atoms with E-state index in [4.69, 9.17) is 49.1 Å². The van der Waals surface area contributed by atoms with Gasteiger partial charge in [0, 0.05) is 37.0 Å². The van der Waals surface area contributed by atoms with Crippen molar-refractivity contribution in [3.63, 3.8) is 0 Å². The zero-order chi connectivity index (χ0) is 33.8. The number of pyridine rings is 2. The molecule has 17 nitrogen and oxygen atoms in total. The molecule has 46 heavy (non-hydrogen) atoms. The van der Waals surface area contributed by atoms with Crippen LogP contribution in [0.15, 0.2) is 42.6 Å². The van der Waals surface area contributed by atoms with Gasteiger partial charge in [0.2, 0.25) is 5.88 Å². The van der Waals surface area contributed by atoms with Gasteiger partial charge in [0.15, 0.2) is 6.61 Å². The summed E-state index contributed by atoms with van der Waals surface area (Å²) in [5.41, 5.74) is 4.03. The third-order valence-electron chi connectivity index (χ3n) is 6.81. The molecule has 5 rings (SSSR count). The maximum Gasteiger partial charge on any atom is 0.414 e. The Morgan fingerprint density at radius 3 is 2.28 bits per heavy atom. The molecule has 0 bridgehead atoms. The number of anilines is 1. The van der Waals surface area contributed by atoms with Crippen LogP contribution in [-0.2, 0) is 30.5 Å². The van der Waals surface area contributed by atoms with Gasteiger partial charge < -0.3 is 50.5 Å². The maximum absolute atomic E-state index is 11.5. The molecule has 17 heteroatoms. The predicted molar refractivity (Wildman–Crippen MR) is 158 cm³/mol. The number of aliphatic hydroxyl groups excluding tert-OH is 1. The van der Waals surface area contributed by atoms with Crippen LogP contribution in [0.3, 0.4) is 0 Å². The number of carboxylic acid groups (broad SMARTS) is 4. The van der Waals surface area contributed by atoms with Crippen molar-refractivity contribution in [2.24, 2.45) is 0 Å². The lowest BCUT2D eigenvalue weighted by molar-refractivity contribution is -0.159. The van der Waals surface area contributed by atoms with Crippen LogP contribution in [0.4, 0.5) is 5.69 Å². The summed E-state index contributed by atoms with van der Waals surface area (Å²) in [6.45, 7) is 3.16. The Hall–Kier alpha value is -5.39. The fraction of sp³-hybridized carbons (Fsp3) is 0.345. The monoisotopic (exact) mass is 643 g/mol. The highest BCUT2D eigenvalue weighted by atomic mass is 16.5. The summed E-state index contributed by atoms with van der Waals surface area (Å²) in [6.07, 6.45) is 3.06. The highest BCUT2D eigenvalue weighted by molar-refractivity contribution is 6.27. The minimum atomic E-state index is -1.82. The lowest BCUT2D eigenvalue weighted by atomic mass is 10.0. The highest BCUT2D eigenvalue weighted by Gasteiger charge is 2.23. The molecule has 246 valence electrons. The maximum atomic E-state index is 11.5. The Labute approximate surface area is 261 Å². The summed E-state index contributed by atoms with van der Waals surface area (Å²) in [7, 11) is 1.58. The summed E-state index contributed by atoms with van der Waals surface area (Å²) in [5, 5.41) is 47.0. The van der Waals surface area contributed by atoms with Gasteiger partial charge in [-0.3, -0.25) is 9.78 Å². The number of aliphatic carboxylic acids is 4. The molecule has 1 aromatic carbocycles. The molecule has 4 heterocycles. The van der Waals surface area contributed by atoms with Crippen LogP contribution in [0.25, 0.3) is 11.0 Å². The van der Waals surface area contributed by atoms with Crippen molar-refractivity contribution in [2.45, 2.75) is 31.5 Å². The van der Waals surface area contributed by atoms with E-state index in [-0.39, 0.29) is 12.5 Å². The number of carboxylic acids is 4. The Kier molecular flexibility index (Phi) is 12.7. The molecule has 2 aromatic heterocycles. The number of fused-ring (bicyclic) bond motifs is 2. The minimum absolute atomic E-state index is 0.0694. The first-order valence-electron chi connectivity index (χ1n) is 13.8. The molecule has 2 aliphatic rings. The van der Waals surface area contributed by atoms with E-state index >= 15 is 0 Å². The molecular formula is C29H33N5O12. The Morgan fingerprint density at radius 2 is 1.67 bits per heavy atom. The van der Waals surface area contributed by atoms with Gasteiger partial charge in [0.05, 0.1) is 29.9 Å². The van der Waals surface area contributed by atoms with Crippen LogP contribution < -0.4 is 20.1 Å². The molecule has 1 atom stereocenters. The molecule has 0 aliphatic carbocycles. The van der Waals surface area contributed by atoms with Gasteiger partial charge in [-0.1, -0.05) is 6.07 Å². The molecular weight excluding hydrogens is 610 g/mol. The Morgan fingerprint density at radius 1 is 1.02 bits per heavy atom. The van der Waals surface area contributed by atoms with Gasteiger partial charge >= 0.3 is 23.9 Å². The number of carbonyl (C=O) groups is 5. The standard InChI is InChI=1S/C25H29N5O4.2C2H2O4/c1-33-24-5-3-19-25(29-24)18(6-9-26-19)21(31)14-30-10-7-17(8-11-30)27-13-16-2-4-22-20(12-16)28-23(32)15-34-22;2*3-1(4)2(5)6/h2-6,9,12,17,21,27,31H,7-8,10-11,13-15H2,1H3,(H,28,32);2*(H,3,4)(H,5,6)/t21-;;/m0../s1. The molecule has 1 saturated heterocycles. The molecule has 7 N–H and O–H groups in total. The van der Waals surface area contributed by atoms with Crippen LogP contribution in [0.2, 0.25) is 0 Å². The van der Waals surface area contributed by atoms with Crippen molar-refractivity contribution >= 4 is 46.5 Å². The van der Waals surface area contributed by atoms with Crippen LogP contribution in [0.1, 0.15) is 30.1 Å². The number of nitrogens with zero attached hydrogens (tertiary/aromatic N) is 3. The van der Waals surface area contributed by atoms with Gasteiger partial charge in [0.25, 0.3) is 5.91 Å². The van der Waals surface area contributed by atoms with Gasteiger partial charge in [-0.2, -0.15) is 0 Å². The van der Waals surface area contributed by atoms with Crippen LogP contribution in [0.5, 0.6) is 11.6 Å². The molecule has 0 unspecified atom stereocenters. The quantitative estimate of drug-likeness (QED) is 0.174. The highest BCUT2D eigenvalue weighted by Crippen LogP contribution is 2.29. The lowest BCUT2D eigenvalue weighted by Crippen LogP contribution is -2.43. The van der Waals surface area contributed by atoms with E-state index < -0.39 is 30.0 Å². The number of hydrogen-bond donors (Lipinski definition) is 7. The van der Waals surface area contributed by atoms with Gasteiger partial charge in [-0.15, -0.1) is 0 Å². The van der Waals surface area contributed by atoms with E-state index in [1.54, 1.807) is 19.4 Å². The van der Waals surface area contributed by atoms with E-state index in [1.807, 2.05) is 30.3 Å². The molecule has 1 fully saturated rings. The molecule has 0 radical (unpaired) electrons. The number of nitrogens with one attached hydrogen (secondary N) is 2. The van der Waals surface area contributed by atoms with Gasteiger partial charge in [-0.05, 0) is 55.8 Å². The van der Waals surface area contributed by atoms with Crippen molar-refractivity contribution in [3.8, 4) is 11.6 Å². The first-order valence-corrected chi connectivity index (χ1v) is 13.8. The van der Waals surface area contributed by atoms with Crippen LogP contribution >= 0.6 is 0 Å². The molecule has 2 aliphatic heterocycles. The first kappa shape index (κ1) is 35.1. The summed E-state index contributed by atoms with van der Waals surface area (Å²) in [5.74, 6) is -6.20. The number of piperidine rings is 1. The summed E-state index contributed by atoms with van der Waals surface area (Å²) in [4.78, 5) is 59.1. The van der Waals surface area contributed by atoms with Crippen molar-refractivity contribution in [1.29, 1.82) is 0 Å². The number of likely N-dealkylation sites (tertiary alicyclic amines) is 1. The lowest BCUT2D eigenvalue weighted by Gasteiger charge is -2.33. The van der Waals surface area contributed by atoms with E-state index in [1.165, 1.54) is 0 Å². The SMILES string of the molecule is COc1ccc2nccc([C@@H](O)CN3CCC(NCc4ccc5c(c4)NC(=O)CO5)CC3)c2n1.O=C(O)C(=O)O.O=C(O)C(=O)O. The number of β-amino-alcohol motifs (C(OH)–C–C–N with tert-alkyl or cyclic N) is 1. The Balaban J connectivity index is 0.000000410. The fourth-order valence-corrected chi connectivity index (χ4v) is 4.57. The zero-order valence-electron chi connectivity index (χ0n) is 24.6. The summed E-state index contributed by atoms with van der Waals surface area (Å²) >= 11 is 0. The number of methoxy groups -OCH3 is 1. The van der Waals surface area contributed by atoms with Crippen LogP contribution in [-0.4, -0.2) is 110 Å². The topological polar surface area (TPSA) is 258 Å². The molecule has 3 aromatic rings. The van der Waals surface area contributed by atoms with Crippen molar-refractivity contribution < 1.29 is 59.0 Å². The van der Waals surface area contributed by atoms with Gasteiger partial charge in [0.1, 0.15) is 5.75 Å². The second kappa shape index (κ2) is 16.6. The number of aromatic nitrogens is 2. The van der Waals surface area contributed by atoms with E-state index in [2.05, 4.69) is 25.5 Å². The fourth-order valence-electron chi connectivity index (χ4n) is 4.57. The second-order valence-electron chi connectivity index (χ2n) is 9.98. The normalized spacial score (nSPS) is 15.0. The third kappa shape index (κ3) is 10.4. The summed E-state index contributed by atoms with van der Waals surface area (Å²) < 4.78 is 10.7. The summed E-state index contributed by atoms with van der Waals surface area (Å²) in [6, 6.07) is 11.8. The van der Waals surface area contributed by atoms with Crippen molar-refractivity contribution in [2.75, 3.05) is 38.7 Å². The van der Waals surface area contributed by atoms with E-state index in [9.17, 15) is 9.90 Å². The molecule has 0 spiro atoms. The van der Waals surface area contributed by atoms with Crippen LogP contribution in [0, 0.1) is 0 Å². The largest absolute Gasteiger partial charge is 0.482 e. The first-order chi connectivity index (χ1) is 21.9. The number of carbonyl (C=O) groups excluding carboxylic acids is 1. The number of rotatable bonds is 7. The average molecular weight is 644 g/mol. The van der Waals surface area contributed by atoms with E-state index in [0.717, 1.165) is 54.8 Å². The van der Waals surface area contributed by atoms with E-state index in [0.29, 0.717) is 29.7 Å². The predicted octanol–water partition coefficient (Wildman–Crippen LogP) is 0.568. The minimum Gasteiger partial charge on any atom is -0.482 e. The van der Waals surface area contributed by atoms with Crippen molar-refractivity contribution in [1.82, 2.24) is 20.2 Å². The smallest absolute Gasteiger partial charge is 0.414 e. The van der Waals surface area contributed by atoms with Crippen molar-refractivity contribution in [3.05, 3.63) is 53.7 Å². The zero-order valence-corrected chi connectivity index (χ0v) is 24.6. The third-order valence-corrected chi connectivity index (χ3v) is 6.81. The number of aliphatic hydroxyl groups is 1. The molecule has 1 amide bonds. The number of hydrogen-bond acceptors (Lipinski definition) is 12. The molecule has 0 saturated carbocycles. The number of amides is 1. The number of benzene rings is 1. The Bertz CT molecular complexity index is 1530.